The lowest BCUT2D eigenvalue weighted by molar-refractivity contribution is -0.128. The highest BCUT2D eigenvalue weighted by molar-refractivity contribution is 5.97. The lowest BCUT2D eigenvalue weighted by atomic mass is 10.1. The zero-order valence-corrected chi connectivity index (χ0v) is 12.0. The van der Waals surface area contributed by atoms with E-state index in [1.807, 2.05) is 12.1 Å². The van der Waals surface area contributed by atoms with Gasteiger partial charge in [0.15, 0.2) is 0 Å². The topological polar surface area (TPSA) is 49.9 Å². The maximum atomic E-state index is 12.6. The Bertz CT molecular complexity index is 502. The van der Waals surface area contributed by atoms with Gasteiger partial charge in [0.1, 0.15) is 5.75 Å². The van der Waals surface area contributed by atoms with Crippen LogP contribution in [0, 0.1) is 0 Å². The smallest absolute Gasteiger partial charge is 0.257 e. The minimum Gasteiger partial charge on any atom is -0.496 e. The number of rotatable bonds is 2. The van der Waals surface area contributed by atoms with Gasteiger partial charge in [-0.15, -0.1) is 0 Å². The molecular formula is C15H20N2O3. The van der Waals surface area contributed by atoms with Gasteiger partial charge in [-0.1, -0.05) is 12.1 Å². The molecule has 1 aliphatic rings. The fraction of sp³-hybridized carbons (Fsp3) is 0.467. The number of carbonyl (C=O) groups is 2. The zero-order valence-electron chi connectivity index (χ0n) is 12.0. The first kappa shape index (κ1) is 14.4. The summed E-state index contributed by atoms with van der Waals surface area (Å²) in [5.74, 6) is 0.620. The summed E-state index contributed by atoms with van der Waals surface area (Å²) in [7, 11) is 1.56. The van der Waals surface area contributed by atoms with Crippen molar-refractivity contribution >= 4 is 11.8 Å². The Kier molecular flexibility index (Phi) is 4.61. The minimum absolute atomic E-state index is 0.0344. The molecule has 1 fully saturated rings. The van der Waals surface area contributed by atoms with Crippen molar-refractivity contribution in [3.05, 3.63) is 29.8 Å². The van der Waals surface area contributed by atoms with E-state index in [-0.39, 0.29) is 11.8 Å². The predicted molar refractivity (Wildman–Crippen MR) is 75.8 cm³/mol. The average molecular weight is 276 g/mol. The second kappa shape index (κ2) is 6.41. The molecule has 5 nitrogen and oxygen atoms in total. The summed E-state index contributed by atoms with van der Waals surface area (Å²) in [4.78, 5) is 27.5. The summed E-state index contributed by atoms with van der Waals surface area (Å²) < 4.78 is 5.24. The number of hydrogen-bond acceptors (Lipinski definition) is 3. The third kappa shape index (κ3) is 3.10. The first-order valence-corrected chi connectivity index (χ1v) is 6.81. The van der Waals surface area contributed by atoms with E-state index in [1.165, 1.54) is 0 Å². The van der Waals surface area contributed by atoms with E-state index in [9.17, 15) is 9.59 Å². The number of carbonyl (C=O) groups excluding carboxylic acids is 2. The summed E-state index contributed by atoms with van der Waals surface area (Å²) >= 11 is 0. The van der Waals surface area contributed by atoms with Gasteiger partial charge in [0.2, 0.25) is 5.91 Å². The maximum Gasteiger partial charge on any atom is 0.257 e. The lowest BCUT2D eigenvalue weighted by Crippen LogP contribution is -2.36. The molecule has 0 bridgehead atoms. The molecule has 1 aromatic rings. The van der Waals surface area contributed by atoms with E-state index in [2.05, 4.69) is 0 Å². The van der Waals surface area contributed by atoms with Gasteiger partial charge in [0.25, 0.3) is 5.91 Å². The third-order valence-electron chi connectivity index (χ3n) is 3.57. The predicted octanol–water partition coefficient (Wildman–Crippen LogP) is 1.39. The SMILES string of the molecule is COc1ccccc1C(=O)N1CCCN(C(C)=O)CC1. The molecule has 5 heteroatoms. The van der Waals surface area contributed by atoms with E-state index >= 15 is 0 Å². The van der Waals surface area contributed by atoms with Crippen molar-refractivity contribution in [3.8, 4) is 5.75 Å². The first-order chi connectivity index (χ1) is 9.63. The number of para-hydroxylation sites is 1. The Morgan fingerprint density at radius 2 is 1.70 bits per heavy atom. The minimum atomic E-state index is -0.0344. The van der Waals surface area contributed by atoms with Crippen molar-refractivity contribution in [2.45, 2.75) is 13.3 Å². The van der Waals surface area contributed by atoms with Crippen LogP contribution in [-0.2, 0) is 4.79 Å². The van der Waals surface area contributed by atoms with Gasteiger partial charge in [-0.25, -0.2) is 0 Å². The molecule has 2 amide bonds. The molecule has 0 spiro atoms. The first-order valence-electron chi connectivity index (χ1n) is 6.81. The second-order valence-corrected chi connectivity index (χ2v) is 4.85. The fourth-order valence-electron chi connectivity index (χ4n) is 2.43. The van der Waals surface area contributed by atoms with Crippen LogP contribution in [0.5, 0.6) is 5.75 Å². The third-order valence-corrected chi connectivity index (χ3v) is 3.57. The number of ether oxygens (including phenoxy) is 1. The van der Waals surface area contributed by atoms with Gasteiger partial charge in [-0.2, -0.15) is 0 Å². The summed E-state index contributed by atoms with van der Waals surface area (Å²) in [5, 5.41) is 0. The summed E-state index contributed by atoms with van der Waals surface area (Å²) in [6.07, 6.45) is 0.806. The summed E-state index contributed by atoms with van der Waals surface area (Å²) in [5.41, 5.74) is 0.575. The molecule has 1 aliphatic heterocycles. The van der Waals surface area contributed by atoms with Gasteiger partial charge in [-0.05, 0) is 18.6 Å². The fourth-order valence-corrected chi connectivity index (χ4v) is 2.43. The number of nitrogens with zero attached hydrogens (tertiary/aromatic N) is 2. The molecule has 0 radical (unpaired) electrons. The Hall–Kier alpha value is -2.04. The van der Waals surface area contributed by atoms with E-state index in [1.54, 1.807) is 36.0 Å². The molecule has 0 unspecified atom stereocenters. The molecule has 0 saturated carbocycles. The van der Waals surface area contributed by atoms with Crippen LogP contribution < -0.4 is 4.74 Å². The molecule has 1 heterocycles. The summed E-state index contributed by atoms with van der Waals surface area (Å²) in [6.45, 7) is 4.11. The van der Waals surface area contributed by atoms with Gasteiger partial charge < -0.3 is 14.5 Å². The normalized spacial score (nSPS) is 15.7. The highest BCUT2D eigenvalue weighted by Crippen LogP contribution is 2.20. The van der Waals surface area contributed by atoms with Crippen LogP contribution in [0.25, 0.3) is 0 Å². The summed E-state index contributed by atoms with van der Waals surface area (Å²) in [6, 6.07) is 7.23. The van der Waals surface area contributed by atoms with Crippen molar-refractivity contribution in [2.75, 3.05) is 33.3 Å². The highest BCUT2D eigenvalue weighted by Gasteiger charge is 2.23. The molecule has 20 heavy (non-hydrogen) atoms. The van der Waals surface area contributed by atoms with Crippen LogP contribution in [0.2, 0.25) is 0 Å². The number of benzene rings is 1. The van der Waals surface area contributed by atoms with Crippen LogP contribution in [0.4, 0.5) is 0 Å². The van der Waals surface area contributed by atoms with Crippen molar-refractivity contribution in [3.63, 3.8) is 0 Å². The number of amides is 2. The average Bonchev–Trinajstić information content (AvgIpc) is 2.72. The van der Waals surface area contributed by atoms with Crippen molar-refractivity contribution in [2.24, 2.45) is 0 Å². The zero-order chi connectivity index (χ0) is 14.5. The Labute approximate surface area is 119 Å². The van der Waals surface area contributed by atoms with Crippen molar-refractivity contribution in [1.29, 1.82) is 0 Å². The molecule has 0 aliphatic carbocycles. The molecule has 2 rings (SSSR count). The Balaban J connectivity index is 2.11. The molecule has 108 valence electrons. The maximum absolute atomic E-state index is 12.6. The van der Waals surface area contributed by atoms with E-state index in [4.69, 9.17) is 4.74 Å². The van der Waals surface area contributed by atoms with Gasteiger partial charge >= 0.3 is 0 Å². The molecule has 0 aromatic heterocycles. The van der Waals surface area contributed by atoms with Crippen LogP contribution >= 0.6 is 0 Å². The van der Waals surface area contributed by atoms with Gasteiger partial charge in [0, 0.05) is 33.1 Å². The van der Waals surface area contributed by atoms with E-state index < -0.39 is 0 Å². The molecule has 0 atom stereocenters. The van der Waals surface area contributed by atoms with E-state index in [0.717, 1.165) is 6.42 Å². The molecule has 1 aromatic carbocycles. The van der Waals surface area contributed by atoms with Crippen LogP contribution in [0.15, 0.2) is 24.3 Å². The Morgan fingerprint density at radius 3 is 2.40 bits per heavy atom. The number of hydrogen-bond donors (Lipinski definition) is 0. The largest absolute Gasteiger partial charge is 0.496 e. The quantitative estimate of drug-likeness (QED) is 0.820. The van der Waals surface area contributed by atoms with E-state index in [0.29, 0.717) is 37.5 Å². The standard InChI is InChI=1S/C15H20N2O3/c1-12(18)16-8-5-9-17(11-10-16)15(19)13-6-3-4-7-14(13)20-2/h3-4,6-7H,5,8-11H2,1-2H3. The van der Waals surface area contributed by atoms with Gasteiger partial charge in [-0.3, -0.25) is 9.59 Å². The molecule has 1 saturated heterocycles. The highest BCUT2D eigenvalue weighted by atomic mass is 16.5. The van der Waals surface area contributed by atoms with Crippen molar-refractivity contribution < 1.29 is 14.3 Å². The second-order valence-electron chi connectivity index (χ2n) is 4.85. The molecular weight excluding hydrogens is 256 g/mol. The Morgan fingerprint density at radius 1 is 1.05 bits per heavy atom. The lowest BCUT2D eigenvalue weighted by Gasteiger charge is -2.22. The number of methoxy groups -OCH3 is 1. The molecule has 0 N–H and O–H groups in total. The van der Waals surface area contributed by atoms with Crippen LogP contribution in [0.3, 0.4) is 0 Å². The van der Waals surface area contributed by atoms with Gasteiger partial charge in [0.05, 0.1) is 12.7 Å². The van der Waals surface area contributed by atoms with Crippen LogP contribution in [0.1, 0.15) is 23.7 Å². The van der Waals surface area contributed by atoms with Crippen molar-refractivity contribution in [1.82, 2.24) is 9.80 Å². The van der Waals surface area contributed by atoms with Crippen LogP contribution in [-0.4, -0.2) is 54.9 Å². The monoisotopic (exact) mass is 276 g/mol.